The van der Waals surface area contributed by atoms with E-state index in [9.17, 15) is 0 Å². The molecule has 2 nitrogen and oxygen atoms in total. The largest absolute Gasteiger partial charge is 0.256 e. The third-order valence-corrected chi connectivity index (χ3v) is 12.0. The van der Waals surface area contributed by atoms with Crippen molar-refractivity contribution in [2.24, 2.45) is 0 Å². The Labute approximate surface area is 362 Å². The van der Waals surface area contributed by atoms with Gasteiger partial charge in [-0.05, 0) is 101 Å². The molecule has 9 aromatic carbocycles. The summed E-state index contributed by atoms with van der Waals surface area (Å²) in [6, 6.07) is 82.6. The van der Waals surface area contributed by atoms with Crippen LogP contribution in [0.5, 0.6) is 0 Å². The van der Waals surface area contributed by atoms with Crippen molar-refractivity contribution in [2.75, 3.05) is 0 Å². The van der Waals surface area contributed by atoms with E-state index in [-0.39, 0.29) is 0 Å². The number of aromatic nitrogens is 2. The summed E-state index contributed by atoms with van der Waals surface area (Å²) in [5.74, 6) is 0. The zero-order valence-electron chi connectivity index (χ0n) is 34.0. The first-order chi connectivity index (χ1) is 30.7. The van der Waals surface area contributed by atoms with Crippen molar-refractivity contribution in [1.82, 2.24) is 9.97 Å². The Morgan fingerprint density at radius 1 is 0.194 bits per heavy atom. The minimum atomic E-state index is 0.975. The van der Waals surface area contributed by atoms with Gasteiger partial charge in [0.05, 0.1) is 11.4 Å². The van der Waals surface area contributed by atoms with Crippen molar-refractivity contribution in [1.29, 1.82) is 0 Å². The zero-order chi connectivity index (χ0) is 41.2. The second-order valence-electron chi connectivity index (χ2n) is 15.8. The molecule has 62 heavy (non-hydrogen) atoms. The van der Waals surface area contributed by atoms with Gasteiger partial charge in [-0.1, -0.05) is 206 Å². The molecule has 0 atom stereocenters. The monoisotopic (exact) mass is 788 g/mol. The van der Waals surface area contributed by atoms with E-state index in [1.165, 1.54) is 66.1 Å². The molecule has 0 saturated carbocycles. The van der Waals surface area contributed by atoms with Crippen LogP contribution in [0.25, 0.3) is 111 Å². The molecule has 2 aromatic heterocycles. The van der Waals surface area contributed by atoms with Crippen LogP contribution < -0.4 is 0 Å². The molecule has 0 unspecified atom stereocenters. The first-order valence-corrected chi connectivity index (χ1v) is 21.1. The summed E-state index contributed by atoms with van der Waals surface area (Å²) < 4.78 is 0. The maximum atomic E-state index is 4.78. The number of rotatable bonds is 8. The molecule has 2 heterocycles. The highest BCUT2D eigenvalue weighted by Gasteiger charge is 2.19. The van der Waals surface area contributed by atoms with Gasteiger partial charge in [0, 0.05) is 34.6 Å². The molecule has 11 rings (SSSR count). The van der Waals surface area contributed by atoms with Crippen LogP contribution in [-0.2, 0) is 0 Å². The second kappa shape index (κ2) is 16.1. The van der Waals surface area contributed by atoms with Crippen LogP contribution in [0.2, 0.25) is 0 Å². The number of nitrogens with zero attached hydrogens (tertiary/aromatic N) is 2. The summed E-state index contributed by atoms with van der Waals surface area (Å²) in [5, 5.41) is 4.92. The SMILES string of the molecule is c1ccc(-c2ccc(-c3ccc(-c4ccc5c(-c6ccccc6)c6cc(-c7ccc(-c8ccc(-c9ccccc9)nc8)cc7)ccc6c(-c6ccccc6)c5c4)cc3)cn2)cc1. The van der Waals surface area contributed by atoms with Crippen molar-refractivity contribution < 1.29 is 0 Å². The van der Waals surface area contributed by atoms with Gasteiger partial charge in [0.2, 0.25) is 0 Å². The maximum Gasteiger partial charge on any atom is 0.0702 e. The summed E-state index contributed by atoms with van der Waals surface area (Å²) in [4.78, 5) is 9.56. The highest BCUT2D eigenvalue weighted by molar-refractivity contribution is 6.22. The van der Waals surface area contributed by atoms with Crippen LogP contribution in [0, 0.1) is 0 Å². The van der Waals surface area contributed by atoms with Gasteiger partial charge in [0.1, 0.15) is 0 Å². The maximum absolute atomic E-state index is 4.78. The highest BCUT2D eigenvalue weighted by Crippen LogP contribution is 2.46. The zero-order valence-corrected chi connectivity index (χ0v) is 34.0. The molecule has 0 N–H and O–H groups in total. The van der Waals surface area contributed by atoms with Crippen LogP contribution in [0.1, 0.15) is 0 Å². The van der Waals surface area contributed by atoms with Crippen LogP contribution in [0.15, 0.2) is 243 Å². The van der Waals surface area contributed by atoms with Gasteiger partial charge in [0.15, 0.2) is 0 Å². The molecule has 0 aliphatic rings. The van der Waals surface area contributed by atoms with Gasteiger partial charge in [-0.2, -0.15) is 0 Å². The molecular weight excluding hydrogens is 749 g/mol. The van der Waals surface area contributed by atoms with E-state index in [4.69, 9.17) is 9.97 Å². The fourth-order valence-corrected chi connectivity index (χ4v) is 8.82. The van der Waals surface area contributed by atoms with Gasteiger partial charge >= 0.3 is 0 Å². The minimum Gasteiger partial charge on any atom is -0.256 e. The van der Waals surface area contributed by atoms with Gasteiger partial charge < -0.3 is 0 Å². The topological polar surface area (TPSA) is 25.8 Å². The normalized spacial score (nSPS) is 11.2. The van der Waals surface area contributed by atoms with Gasteiger partial charge in [-0.25, -0.2) is 0 Å². The predicted molar refractivity (Wildman–Crippen MR) is 261 cm³/mol. The number of benzene rings is 9. The molecule has 0 aliphatic heterocycles. The third-order valence-electron chi connectivity index (χ3n) is 12.0. The van der Waals surface area contributed by atoms with E-state index in [1.807, 2.05) is 48.8 Å². The standard InChI is InChI=1S/C60H40N2/c1-5-13-45(14-6-1)57-35-31-51(39-61-57)43-25-21-41(22-26-43)49-29-33-53-55(37-49)59(47-17-9-3-10-18-47)54-34-30-50(38-56(54)60(53)48-19-11-4-12-20-48)42-23-27-44(28-24-42)52-32-36-58(62-40-52)46-15-7-2-8-16-46/h1-40H. The molecule has 0 amide bonds. The predicted octanol–water partition coefficient (Wildman–Crippen LogP) is 16.1. The Balaban J connectivity index is 0.997. The van der Waals surface area contributed by atoms with Crippen LogP contribution >= 0.6 is 0 Å². The number of fused-ring (bicyclic) bond motifs is 2. The van der Waals surface area contributed by atoms with Crippen LogP contribution in [0.3, 0.4) is 0 Å². The number of pyridine rings is 2. The second-order valence-corrected chi connectivity index (χ2v) is 15.8. The first kappa shape index (κ1) is 36.8. The summed E-state index contributed by atoms with van der Waals surface area (Å²) in [6.45, 7) is 0. The van der Waals surface area contributed by atoms with E-state index in [1.54, 1.807) is 0 Å². The molecule has 0 radical (unpaired) electrons. The van der Waals surface area contributed by atoms with E-state index in [2.05, 4.69) is 194 Å². The highest BCUT2D eigenvalue weighted by atomic mass is 14.7. The first-order valence-electron chi connectivity index (χ1n) is 21.1. The van der Waals surface area contributed by atoms with Crippen molar-refractivity contribution >= 4 is 21.5 Å². The summed E-state index contributed by atoms with van der Waals surface area (Å²) >= 11 is 0. The third kappa shape index (κ3) is 7.04. The Hall–Kier alpha value is -8.20. The van der Waals surface area contributed by atoms with Gasteiger partial charge in [0.25, 0.3) is 0 Å². The molecule has 2 heteroatoms. The lowest BCUT2D eigenvalue weighted by atomic mass is 9.84. The Morgan fingerprint density at radius 3 is 0.806 bits per heavy atom. The molecule has 0 fully saturated rings. The lowest BCUT2D eigenvalue weighted by Gasteiger charge is -2.20. The lowest BCUT2D eigenvalue weighted by molar-refractivity contribution is 1.32. The van der Waals surface area contributed by atoms with E-state index < -0.39 is 0 Å². The van der Waals surface area contributed by atoms with E-state index in [0.717, 1.165) is 44.8 Å². The summed E-state index contributed by atoms with van der Waals surface area (Å²) in [6.07, 6.45) is 3.94. The minimum absolute atomic E-state index is 0.975. The van der Waals surface area contributed by atoms with Crippen molar-refractivity contribution in [3.63, 3.8) is 0 Å². The summed E-state index contributed by atoms with van der Waals surface area (Å²) in [5.41, 5.74) is 18.3. The van der Waals surface area contributed by atoms with Crippen molar-refractivity contribution in [3.05, 3.63) is 243 Å². The Bertz CT molecular complexity index is 3080. The quantitative estimate of drug-likeness (QED) is 0.143. The average molecular weight is 789 g/mol. The molecule has 290 valence electrons. The van der Waals surface area contributed by atoms with Crippen molar-refractivity contribution in [3.8, 4) is 89.3 Å². The van der Waals surface area contributed by atoms with Gasteiger partial charge in [-0.15, -0.1) is 0 Å². The Kier molecular flexibility index (Phi) is 9.57. The fraction of sp³-hybridized carbons (Fsp3) is 0. The number of hydrogen-bond donors (Lipinski definition) is 0. The smallest absolute Gasteiger partial charge is 0.0702 e. The van der Waals surface area contributed by atoms with E-state index >= 15 is 0 Å². The number of hydrogen-bond acceptors (Lipinski definition) is 2. The average Bonchev–Trinajstić information content (AvgIpc) is 3.36. The molecular formula is C60H40N2. The fourth-order valence-electron chi connectivity index (χ4n) is 8.82. The molecule has 0 bridgehead atoms. The molecule has 0 aliphatic carbocycles. The molecule has 0 spiro atoms. The van der Waals surface area contributed by atoms with Crippen LogP contribution in [0.4, 0.5) is 0 Å². The Morgan fingerprint density at radius 2 is 0.484 bits per heavy atom. The van der Waals surface area contributed by atoms with Crippen molar-refractivity contribution in [2.45, 2.75) is 0 Å². The molecule has 11 aromatic rings. The van der Waals surface area contributed by atoms with E-state index in [0.29, 0.717) is 0 Å². The van der Waals surface area contributed by atoms with Gasteiger partial charge in [-0.3, -0.25) is 9.97 Å². The lowest BCUT2D eigenvalue weighted by Crippen LogP contribution is -1.92. The summed E-state index contributed by atoms with van der Waals surface area (Å²) in [7, 11) is 0. The van der Waals surface area contributed by atoms with Crippen LogP contribution in [-0.4, -0.2) is 9.97 Å². The molecule has 0 saturated heterocycles.